The zero-order chi connectivity index (χ0) is 35.6. The molecule has 5 nitrogen and oxygen atoms in total. The Balaban J connectivity index is 1.05. The fourth-order valence-corrected chi connectivity index (χ4v) is 7.78. The lowest BCUT2D eigenvalue weighted by atomic mass is 9.97. The van der Waals surface area contributed by atoms with Crippen LogP contribution in [0.25, 0.3) is 106 Å². The number of benzene rings is 8. The molecule has 0 atom stereocenters. The van der Waals surface area contributed by atoms with Gasteiger partial charge in [0, 0.05) is 22.1 Å². The SMILES string of the molecule is c1cc(-c2cccc(-c3c4ccccc4n4c3oc3ccccc34)c2)cc(-c2nc(-c3ccc4ccccc4c3)nc(-c3ccc4ccccc4c3)n2)c1. The Morgan fingerprint density at radius 2 is 0.833 bits per heavy atom. The second kappa shape index (κ2) is 12.1. The molecule has 5 heteroatoms. The molecule has 11 rings (SSSR count). The molecule has 0 amide bonds. The maximum atomic E-state index is 6.53. The van der Waals surface area contributed by atoms with Crippen molar-refractivity contribution in [2.45, 2.75) is 0 Å². The fraction of sp³-hybridized carbons (Fsp3) is 0. The van der Waals surface area contributed by atoms with Crippen LogP contribution in [0.4, 0.5) is 0 Å². The minimum Gasteiger partial charge on any atom is -0.438 e. The van der Waals surface area contributed by atoms with E-state index in [1.54, 1.807) is 0 Å². The first-order valence-corrected chi connectivity index (χ1v) is 18.1. The zero-order valence-corrected chi connectivity index (χ0v) is 29.0. The highest BCUT2D eigenvalue weighted by Crippen LogP contribution is 2.40. The minimum absolute atomic E-state index is 0.622. The Morgan fingerprint density at radius 3 is 1.48 bits per heavy atom. The lowest BCUT2D eigenvalue weighted by Crippen LogP contribution is -2.00. The van der Waals surface area contributed by atoms with E-state index in [2.05, 4.69) is 174 Å². The van der Waals surface area contributed by atoms with Crippen molar-refractivity contribution in [2.75, 3.05) is 0 Å². The lowest BCUT2D eigenvalue weighted by molar-refractivity contribution is 0.658. The Labute approximate surface area is 310 Å². The van der Waals surface area contributed by atoms with Gasteiger partial charge in [-0.3, -0.25) is 4.40 Å². The predicted molar refractivity (Wildman–Crippen MR) is 220 cm³/mol. The molecule has 0 saturated carbocycles. The van der Waals surface area contributed by atoms with Crippen molar-refractivity contribution in [1.82, 2.24) is 19.4 Å². The average Bonchev–Trinajstić information content (AvgIpc) is 3.78. The molecule has 54 heavy (non-hydrogen) atoms. The largest absolute Gasteiger partial charge is 0.438 e. The van der Waals surface area contributed by atoms with Crippen molar-refractivity contribution in [1.29, 1.82) is 0 Å². The number of rotatable bonds is 5. The van der Waals surface area contributed by atoms with Gasteiger partial charge in [-0.15, -0.1) is 0 Å². The van der Waals surface area contributed by atoms with Crippen LogP contribution in [0.5, 0.6) is 0 Å². The van der Waals surface area contributed by atoms with E-state index in [-0.39, 0.29) is 0 Å². The first-order chi connectivity index (χ1) is 26.7. The molecular formula is C49H30N4O. The van der Waals surface area contributed by atoms with Crippen LogP contribution in [0.2, 0.25) is 0 Å². The smallest absolute Gasteiger partial charge is 0.213 e. The third kappa shape index (κ3) is 4.98. The van der Waals surface area contributed by atoms with Gasteiger partial charge in [0.1, 0.15) is 0 Å². The van der Waals surface area contributed by atoms with Gasteiger partial charge in [0.15, 0.2) is 23.1 Å². The van der Waals surface area contributed by atoms with E-state index in [4.69, 9.17) is 19.4 Å². The molecule has 252 valence electrons. The molecule has 11 aromatic rings. The molecule has 3 heterocycles. The van der Waals surface area contributed by atoms with Gasteiger partial charge < -0.3 is 4.42 Å². The summed E-state index contributed by atoms with van der Waals surface area (Å²) < 4.78 is 8.76. The van der Waals surface area contributed by atoms with E-state index in [9.17, 15) is 0 Å². The van der Waals surface area contributed by atoms with Gasteiger partial charge in [0.05, 0.1) is 16.6 Å². The molecule has 0 saturated heterocycles. The quantitative estimate of drug-likeness (QED) is 0.180. The summed E-state index contributed by atoms with van der Waals surface area (Å²) in [4.78, 5) is 15.3. The second-order valence-corrected chi connectivity index (χ2v) is 13.7. The summed E-state index contributed by atoms with van der Waals surface area (Å²) in [5.74, 6) is 1.89. The van der Waals surface area contributed by atoms with Gasteiger partial charge >= 0.3 is 0 Å². The summed E-state index contributed by atoms with van der Waals surface area (Å²) in [5, 5.41) is 5.79. The molecule has 0 unspecified atom stereocenters. The Morgan fingerprint density at radius 1 is 0.352 bits per heavy atom. The molecule has 3 aromatic heterocycles. The number of nitrogens with zero attached hydrogens (tertiary/aromatic N) is 4. The first-order valence-electron chi connectivity index (χ1n) is 18.1. The zero-order valence-electron chi connectivity index (χ0n) is 29.0. The summed E-state index contributed by atoms with van der Waals surface area (Å²) in [7, 11) is 0. The van der Waals surface area contributed by atoms with E-state index in [1.165, 1.54) is 10.8 Å². The summed E-state index contributed by atoms with van der Waals surface area (Å²) in [6.45, 7) is 0. The van der Waals surface area contributed by atoms with Crippen LogP contribution in [0, 0.1) is 0 Å². The van der Waals surface area contributed by atoms with E-state index in [0.717, 1.165) is 77.4 Å². The van der Waals surface area contributed by atoms with E-state index in [0.29, 0.717) is 17.5 Å². The van der Waals surface area contributed by atoms with Gasteiger partial charge in [-0.2, -0.15) is 0 Å². The Kier molecular flexibility index (Phi) is 6.79. The minimum atomic E-state index is 0.622. The molecule has 0 fully saturated rings. The van der Waals surface area contributed by atoms with E-state index in [1.807, 2.05) is 12.1 Å². The molecule has 0 N–H and O–H groups in total. The number of aromatic nitrogens is 4. The van der Waals surface area contributed by atoms with Crippen LogP contribution >= 0.6 is 0 Å². The van der Waals surface area contributed by atoms with Gasteiger partial charge in [0.2, 0.25) is 5.71 Å². The Hall–Kier alpha value is -7.37. The van der Waals surface area contributed by atoms with Crippen LogP contribution in [0.15, 0.2) is 186 Å². The van der Waals surface area contributed by atoms with Gasteiger partial charge in [-0.25, -0.2) is 15.0 Å². The second-order valence-electron chi connectivity index (χ2n) is 13.7. The van der Waals surface area contributed by atoms with Gasteiger partial charge in [0.25, 0.3) is 0 Å². The van der Waals surface area contributed by atoms with Crippen LogP contribution < -0.4 is 0 Å². The molecule has 0 aliphatic rings. The summed E-state index contributed by atoms with van der Waals surface area (Å²) in [6, 6.07) is 63.4. The average molecular weight is 691 g/mol. The summed E-state index contributed by atoms with van der Waals surface area (Å²) in [5.41, 5.74) is 11.0. The third-order valence-corrected chi connectivity index (χ3v) is 10.4. The van der Waals surface area contributed by atoms with E-state index < -0.39 is 0 Å². The monoisotopic (exact) mass is 690 g/mol. The van der Waals surface area contributed by atoms with Gasteiger partial charge in [-0.1, -0.05) is 140 Å². The van der Waals surface area contributed by atoms with Crippen LogP contribution in [0.1, 0.15) is 0 Å². The molecule has 0 spiro atoms. The highest BCUT2D eigenvalue weighted by atomic mass is 16.3. The normalized spacial score (nSPS) is 11.7. The number of fused-ring (bicyclic) bond motifs is 7. The van der Waals surface area contributed by atoms with Crippen molar-refractivity contribution >= 4 is 49.3 Å². The number of hydrogen-bond acceptors (Lipinski definition) is 4. The molecule has 8 aromatic carbocycles. The Bertz CT molecular complexity index is 3150. The number of para-hydroxylation sites is 3. The molecule has 0 aliphatic heterocycles. The molecular weight excluding hydrogens is 661 g/mol. The third-order valence-electron chi connectivity index (χ3n) is 10.4. The predicted octanol–water partition coefficient (Wildman–Crippen LogP) is 12.7. The van der Waals surface area contributed by atoms with Crippen molar-refractivity contribution in [3.05, 3.63) is 182 Å². The van der Waals surface area contributed by atoms with E-state index >= 15 is 0 Å². The van der Waals surface area contributed by atoms with Crippen molar-refractivity contribution in [2.24, 2.45) is 0 Å². The number of oxazole rings is 1. The van der Waals surface area contributed by atoms with Crippen molar-refractivity contribution in [3.8, 4) is 56.4 Å². The lowest BCUT2D eigenvalue weighted by Gasteiger charge is -2.11. The highest BCUT2D eigenvalue weighted by molar-refractivity contribution is 6.07. The topological polar surface area (TPSA) is 56.2 Å². The molecule has 0 aliphatic carbocycles. The van der Waals surface area contributed by atoms with Crippen molar-refractivity contribution in [3.63, 3.8) is 0 Å². The van der Waals surface area contributed by atoms with Crippen LogP contribution in [-0.2, 0) is 0 Å². The molecule has 0 radical (unpaired) electrons. The summed E-state index contributed by atoms with van der Waals surface area (Å²) in [6.07, 6.45) is 0. The van der Waals surface area contributed by atoms with Crippen molar-refractivity contribution < 1.29 is 4.42 Å². The highest BCUT2D eigenvalue weighted by Gasteiger charge is 2.20. The fourth-order valence-electron chi connectivity index (χ4n) is 7.78. The maximum Gasteiger partial charge on any atom is 0.213 e. The maximum absolute atomic E-state index is 6.53. The van der Waals surface area contributed by atoms with Crippen LogP contribution in [-0.4, -0.2) is 19.4 Å². The standard InChI is InChI=1S/C49H30N4O/c1-3-13-33-28-39(25-23-31(33)11-1)47-50-46(51-48(52-47)40-26-24-32-12-2-4-14-34(32)29-40)38-18-10-16-36(30-38)35-15-9-17-37(27-35)45-41-19-5-6-20-42(41)53-43-21-7-8-22-44(43)54-49(45)53/h1-30H. The van der Waals surface area contributed by atoms with Crippen LogP contribution in [0.3, 0.4) is 0 Å². The van der Waals surface area contributed by atoms with Gasteiger partial charge in [-0.05, 0) is 80.7 Å². The summed E-state index contributed by atoms with van der Waals surface area (Å²) >= 11 is 0. The number of hydrogen-bond donors (Lipinski definition) is 0. The molecule has 0 bridgehead atoms. The first kappa shape index (κ1) is 30.3.